The van der Waals surface area contributed by atoms with E-state index in [9.17, 15) is 0 Å². The summed E-state index contributed by atoms with van der Waals surface area (Å²) in [7, 11) is 0. The van der Waals surface area contributed by atoms with Crippen LogP contribution in [0.15, 0.2) is 22.4 Å². The molecule has 0 amide bonds. The molecule has 2 rings (SSSR count). The maximum atomic E-state index is 4.16. The molecule has 0 bridgehead atoms. The van der Waals surface area contributed by atoms with E-state index in [1.54, 1.807) is 18.6 Å². The molecular formula is C6H5BrN3+. The van der Waals surface area contributed by atoms with E-state index in [4.69, 9.17) is 0 Å². The van der Waals surface area contributed by atoms with Crippen molar-refractivity contribution in [1.82, 2.24) is 0 Å². The van der Waals surface area contributed by atoms with Crippen molar-refractivity contribution in [3.05, 3.63) is 12.4 Å². The van der Waals surface area contributed by atoms with Gasteiger partial charge in [-0.1, -0.05) is 0 Å². The molecule has 1 unspecified atom stereocenters. The summed E-state index contributed by atoms with van der Waals surface area (Å²) >= 11 is 3.36. The summed E-state index contributed by atoms with van der Waals surface area (Å²) in [5.74, 6) is 0. The van der Waals surface area contributed by atoms with Crippen LogP contribution in [0.25, 0.3) is 0 Å². The molecule has 0 aromatic heterocycles. The van der Waals surface area contributed by atoms with Crippen LogP contribution in [-0.2, 0) is 0 Å². The highest BCUT2D eigenvalue weighted by Crippen LogP contribution is 2.07. The van der Waals surface area contributed by atoms with Crippen molar-refractivity contribution in [2.24, 2.45) is 9.98 Å². The minimum absolute atomic E-state index is 0.0828. The van der Waals surface area contributed by atoms with Gasteiger partial charge < -0.3 is 0 Å². The molecule has 2 heterocycles. The summed E-state index contributed by atoms with van der Waals surface area (Å²) in [6.45, 7) is 0. The lowest BCUT2D eigenvalue weighted by Gasteiger charge is -1.99. The molecule has 0 aliphatic carbocycles. The summed E-state index contributed by atoms with van der Waals surface area (Å²) in [5.41, 5.74) is 0. The average Bonchev–Trinajstić information content (AvgIpc) is 2.34. The Hall–Kier alpha value is -0.770. The number of rotatable bonds is 0. The van der Waals surface area contributed by atoms with Crippen LogP contribution < -0.4 is 0 Å². The number of aliphatic imine (C=N–C) groups is 2. The number of hydrogen-bond acceptors (Lipinski definition) is 2. The first-order valence-electron chi connectivity index (χ1n) is 2.92. The molecular weight excluding hydrogens is 194 g/mol. The van der Waals surface area contributed by atoms with Gasteiger partial charge >= 0.3 is 0 Å². The lowest BCUT2D eigenvalue weighted by molar-refractivity contribution is -0.469. The van der Waals surface area contributed by atoms with Gasteiger partial charge in [0.15, 0.2) is 6.20 Å². The highest BCUT2D eigenvalue weighted by atomic mass is 79.9. The summed E-state index contributed by atoms with van der Waals surface area (Å²) in [5, 5.41) is 0. The van der Waals surface area contributed by atoms with Crippen LogP contribution in [0.1, 0.15) is 0 Å². The zero-order valence-corrected chi connectivity index (χ0v) is 6.69. The largest absolute Gasteiger partial charge is 0.288 e. The van der Waals surface area contributed by atoms with Crippen LogP contribution >= 0.6 is 15.9 Å². The normalized spacial score (nSPS) is 27.9. The fourth-order valence-electron chi connectivity index (χ4n) is 0.909. The molecule has 3 nitrogen and oxygen atoms in total. The average molecular weight is 199 g/mol. The number of halogens is 1. The summed E-state index contributed by atoms with van der Waals surface area (Å²) in [6, 6.07) is 0. The van der Waals surface area contributed by atoms with Crippen LogP contribution in [0.5, 0.6) is 0 Å². The van der Waals surface area contributed by atoms with Gasteiger partial charge in [0.2, 0.25) is 0 Å². The van der Waals surface area contributed by atoms with E-state index in [0.717, 1.165) is 4.62 Å². The standard InChI is InChI=1S/C6H5BrN3/c7-5-3-9-6-4-8-1-2-10(5)6/h1-4,6H/q+1. The van der Waals surface area contributed by atoms with Crippen molar-refractivity contribution >= 4 is 33.0 Å². The predicted molar refractivity (Wildman–Crippen MR) is 44.1 cm³/mol. The first kappa shape index (κ1) is 5.97. The van der Waals surface area contributed by atoms with Gasteiger partial charge in [0.05, 0.1) is 12.4 Å². The van der Waals surface area contributed by atoms with Gasteiger partial charge in [-0.2, -0.15) is 4.58 Å². The topological polar surface area (TPSA) is 27.7 Å². The predicted octanol–water partition coefficient (Wildman–Crippen LogP) is 0.758. The van der Waals surface area contributed by atoms with Crippen molar-refractivity contribution in [2.75, 3.05) is 0 Å². The Kier molecular flexibility index (Phi) is 1.27. The Morgan fingerprint density at radius 1 is 1.60 bits per heavy atom. The van der Waals surface area contributed by atoms with Gasteiger partial charge in [-0.3, -0.25) is 4.99 Å². The third-order valence-corrected chi connectivity index (χ3v) is 2.01. The van der Waals surface area contributed by atoms with Gasteiger partial charge in [0, 0.05) is 15.9 Å². The van der Waals surface area contributed by atoms with E-state index in [0.29, 0.717) is 0 Å². The number of nitrogens with zero attached hydrogens (tertiary/aromatic N) is 3. The lowest BCUT2D eigenvalue weighted by atomic mass is 10.5. The van der Waals surface area contributed by atoms with Crippen LogP contribution in [0, 0.1) is 0 Å². The third-order valence-electron chi connectivity index (χ3n) is 1.40. The Morgan fingerprint density at radius 2 is 2.50 bits per heavy atom. The molecule has 2 aliphatic heterocycles. The molecule has 0 aromatic rings. The second kappa shape index (κ2) is 2.12. The van der Waals surface area contributed by atoms with Crippen LogP contribution in [0.3, 0.4) is 0 Å². The van der Waals surface area contributed by atoms with E-state index in [1.165, 1.54) is 0 Å². The Balaban J connectivity index is 2.46. The maximum absolute atomic E-state index is 4.16. The third kappa shape index (κ3) is 0.759. The highest BCUT2D eigenvalue weighted by Gasteiger charge is 2.25. The Bertz CT molecular complexity index is 275. The van der Waals surface area contributed by atoms with Crippen LogP contribution in [-0.4, -0.2) is 27.8 Å². The second-order valence-electron chi connectivity index (χ2n) is 2.02. The van der Waals surface area contributed by atoms with Crippen LogP contribution in [0.4, 0.5) is 0 Å². The summed E-state index contributed by atoms with van der Waals surface area (Å²) < 4.78 is 2.98. The second-order valence-corrected chi connectivity index (χ2v) is 2.83. The van der Waals surface area contributed by atoms with E-state index in [2.05, 4.69) is 25.9 Å². The maximum Gasteiger partial charge on any atom is 0.288 e. The van der Waals surface area contributed by atoms with Crippen molar-refractivity contribution in [3.8, 4) is 0 Å². The molecule has 2 aliphatic rings. The van der Waals surface area contributed by atoms with E-state index >= 15 is 0 Å². The van der Waals surface area contributed by atoms with E-state index in [-0.39, 0.29) is 6.17 Å². The van der Waals surface area contributed by atoms with Gasteiger partial charge in [-0.05, 0) is 0 Å². The number of fused-ring (bicyclic) bond motifs is 1. The van der Waals surface area contributed by atoms with Crippen molar-refractivity contribution in [2.45, 2.75) is 6.17 Å². The van der Waals surface area contributed by atoms with Crippen molar-refractivity contribution < 1.29 is 4.58 Å². The number of hydrogen-bond donors (Lipinski definition) is 0. The molecule has 4 heteroatoms. The molecule has 0 fully saturated rings. The summed E-state index contributed by atoms with van der Waals surface area (Å²) in [4.78, 5) is 8.11. The lowest BCUT2D eigenvalue weighted by Crippen LogP contribution is -2.21. The van der Waals surface area contributed by atoms with Gasteiger partial charge in [-0.15, -0.1) is 0 Å². The monoisotopic (exact) mass is 198 g/mol. The van der Waals surface area contributed by atoms with E-state index in [1.807, 2.05) is 10.8 Å². The first-order chi connectivity index (χ1) is 4.88. The molecule has 1 atom stereocenters. The van der Waals surface area contributed by atoms with Gasteiger partial charge in [0.25, 0.3) is 10.8 Å². The quantitative estimate of drug-likeness (QED) is 0.515. The summed E-state index contributed by atoms with van der Waals surface area (Å²) in [6.07, 6.45) is 7.30. The van der Waals surface area contributed by atoms with Crippen molar-refractivity contribution in [3.63, 3.8) is 0 Å². The molecule has 0 spiro atoms. The zero-order chi connectivity index (χ0) is 6.97. The Labute approximate surface area is 66.6 Å². The minimum atomic E-state index is 0.0828. The molecule has 50 valence electrons. The molecule has 0 radical (unpaired) electrons. The van der Waals surface area contributed by atoms with E-state index < -0.39 is 0 Å². The van der Waals surface area contributed by atoms with Gasteiger partial charge in [-0.25, -0.2) is 4.99 Å². The zero-order valence-electron chi connectivity index (χ0n) is 5.11. The smallest absolute Gasteiger partial charge is 0.254 e. The van der Waals surface area contributed by atoms with Gasteiger partial charge in [0.1, 0.15) is 6.21 Å². The molecule has 0 saturated heterocycles. The molecule has 0 aromatic carbocycles. The fraction of sp³-hybridized carbons (Fsp3) is 0.167. The first-order valence-corrected chi connectivity index (χ1v) is 3.71. The fourth-order valence-corrected chi connectivity index (χ4v) is 1.36. The molecule has 10 heavy (non-hydrogen) atoms. The van der Waals surface area contributed by atoms with Crippen LogP contribution in [0.2, 0.25) is 0 Å². The minimum Gasteiger partial charge on any atom is -0.254 e. The SMILES string of the molecule is BrC1=[N+]2C=CN=CC2N=C1. The molecule has 0 saturated carbocycles. The highest BCUT2D eigenvalue weighted by molar-refractivity contribution is 9.19. The molecule has 0 N–H and O–H groups in total. The van der Waals surface area contributed by atoms with Crippen molar-refractivity contribution in [1.29, 1.82) is 0 Å². The Morgan fingerprint density at radius 3 is 3.30 bits per heavy atom.